The number of nitrogens with one attached hydrogen (secondary N) is 2. The Morgan fingerprint density at radius 1 is 1.23 bits per heavy atom. The average molecular weight is 299 g/mol. The average Bonchev–Trinajstić information content (AvgIpc) is 2.55. The number of carboxylic acid groups (broad SMARTS) is 1. The molecule has 0 saturated carbocycles. The lowest BCUT2D eigenvalue weighted by Crippen LogP contribution is -2.45. The molecule has 6 nitrogen and oxygen atoms in total. The lowest BCUT2D eigenvalue weighted by Gasteiger charge is -2.33. The molecule has 1 aliphatic heterocycles. The van der Waals surface area contributed by atoms with Crippen LogP contribution in [0.3, 0.4) is 0 Å². The van der Waals surface area contributed by atoms with Gasteiger partial charge in [-0.3, -0.25) is 10.3 Å². The molecule has 6 heteroatoms. The highest BCUT2D eigenvalue weighted by molar-refractivity contribution is 5.70. The van der Waals surface area contributed by atoms with Crippen LogP contribution in [0.15, 0.2) is 54.6 Å². The van der Waals surface area contributed by atoms with Gasteiger partial charge in [-0.1, -0.05) is 48.5 Å². The summed E-state index contributed by atoms with van der Waals surface area (Å²) in [5.41, 5.74) is 8.63. The van der Waals surface area contributed by atoms with Gasteiger partial charge in [-0.15, -0.1) is 0 Å². The molecule has 0 aliphatic carbocycles. The summed E-state index contributed by atoms with van der Waals surface area (Å²) >= 11 is 0. The van der Waals surface area contributed by atoms with E-state index >= 15 is 0 Å². The quantitative estimate of drug-likeness (QED) is 0.757. The molecule has 1 atom stereocenters. The smallest absolute Gasteiger partial charge is 0.426 e. The van der Waals surface area contributed by atoms with Crippen LogP contribution in [0, 0.1) is 0 Å². The Kier molecular flexibility index (Phi) is 4.22. The van der Waals surface area contributed by atoms with Crippen molar-refractivity contribution in [3.8, 4) is 0 Å². The van der Waals surface area contributed by atoms with Gasteiger partial charge < -0.3 is 5.11 Å². The Labute approximate surface area is 128 Å². The lowest BCUT2D eigenvalue weighted by atomic mass is 10.0. The van der Waals surface area contributed by atoms with E-state index in [-0.39, 0.29) is 12.6 Å². The molecule has 0 spiro atoms. The predicted octanol–water partition coefficient (Wildman–Crippen LogP) is 2.77. The van der Waals surface area contributed by atoms with Crippen LogP contribution in [-0.2, 0) is 11.4 Å². The molecule has 1 aliphatic rings. The summed E-state index contributed by atoms with van der Waals surface area (Å²) in [5.74, 6) is 0. The zero-order valence-corrected chi connectivity index (χ0v) is 11.9. The highest BCUT2D eigenvalue weighted by atomic mass is 16.6. The lowest BCUT2D eigenvalue weighted by molar-refractivity contribution is -0.00461. The first-order valence-electron chi connectivity index (χ1n) is 7.01. The van der Waals surface area contributed by atoms with Crippen molar-refractivity contribution >= 4 is 11.8 Å². The number of hydrazine groups is 1. The van der Waals surface area contributed by atoms with E-state index in [0.29, 0.717) is 6.61 Å². The van der Waals surface area contributed by atoms with Crippen molar-refractivity contribution < 1.29 is 14.7 Å². The zero-order chi connectivity index (χ0) is 15.4. The molecule has 22 heavy (non-hydrogen) atoms. The molecule has 1 unspecified atom stereocenters. The molecule has 2 aromatic rings. The third-order valence-corrected chi connectivity index (χ3v) is 3.49. The number of nitrogens with zero attached hydrogens (tertiary/aromatic N) is 1. The van der Waals surface area contributed by atoms with Crippen LogP contribution in [0.1, 0.15) is 17.2 Å². The van der Waals surface area contributed by atoms with Crippen LogP contribution in [0.4, 0.5) is 10.5 Å². The van der Waals surface area contributed by atoms with Gasteiger partial charge in [-0.25, -0.2) is 9.80 Å². The van der Waals surface area contributed by atoms with Gasteiger partial charge in [-0.05, 0) is 17.2 Å². The van der Waals surface area contributed by atoms with Crippen molar-refractivity contribution in [2.24, 2.45) is 0 Å². The maximum atomic E-state index is 11.2. The predicted molar refractivity (Wildman–Crippen MR) is 81.9 cm³/mol. The van der Waals surface area contributed by atoms with Crippen molar-refractivity contribution in [3.05, 3.63) is 65.7 Å². The number of hydroxylamine groups is 1. The van der Waals surface area contributed by atoms with Gasteiger partial charge in [0.2, 0.25) is 0 Å². The fraction of sp³-hybridized carbons (Fsp3) is 0.188. The van der Waals surface area contributed by atoms with Crippen molar-refractivity contribution in [2.75, 3.05) is 12.0 Å². The van der Waals surface area contributed by atoms with Gasteiger partial charge in [-0.2, -0.15) is 5.48 Å². The molecule has 3 rings (SSSR count). The fourth-order valence-electron chi connectivity index (χ4n) is 2.40. The second kappa shape index (κ2) is 6.46. The topological polar surface area (TPSA) is 73.8 Å². The van der Waals surface area contributed by atoms with Crippen molar-refractivity contribution in [1.82, 2.24) is 10.5 Å². The van der Waals surface area contributed by atoms with Crippen molar-refractivity contribution in [3.63, 3.8) is 0 Å². The highest BCUT2D eigenvalue weighted by Gasteiger charge is 2.27. The number of amides is 1. The van der Waals surface area contributed by atoms with E-state index in [1.807, 2.05) is 54.6 Å². The molecule has 3 N–H and O–H groups in total. The summed E-state index contributed by atoms with van der Waals surface area (Å²) in [7, 11) is 0. The summed E-state index contributed by atoms with van der Waals surface area (Å²) < 4.78 is 0. The fourth-order valence-corrected chi connectivity index (χ4v) is 2.40. The van der Waals surface area contributed by atoms with E-state index in [2.05, 4.69) is 10.9 Å². The maximum absolute atomic E-state index is 11.2. The molecule has 1 amide bonds. The Morgan fingerprint density at radius 3 is 2.73 bits per heavy atom. The largest absolute Gasteiger partial charge is 0.464 e. The van der Waals surface area contributed by atoms with E-state index in [1.165, 1.54) is 0 Å². The maximum Gasteiger partial charge on any atom is 0.426 e. The number of fused-ring (bicyclic) bond motifs is 1. The van der Waals surface area contributed by atoms with Gasteiger partial charge >= 0.3 is 6.09 Å². The number of rotatable bonds is 4. The number of benzene rings is 2. The molecular weight excluding hydrogens is 282 g/mol. The van der Waals surface area contributed by atoms with Crippen LogP contribution in [-0.4, -0.2) is 22.8 Å². The van der Waals surface area contributed by atoms with Gasteiger partial charge in [0.05, 0.1) is 24.9 Å². The number of anilines is 1. The Balaban J connectivity index is 1.68. The number of hydrogen-bond donors (Lipinski definition) is 3. The molecule has 0 aromatic heterocycles. The molecule has 114 valence electrons. The van der Waals surface area contributed by atoms with Crippen molar-refractivity contribution in [1.29, 1.82) is 0 Å². The summed E-state index contributed by atoms with van der Waals surface area (Å²) in [6, 6.07) is 17.1. The standard InChI is InChI=1S/C16H17N3O3/c20-16(21)19-10-15(13-8-4-5-9-14(13)17-19)18-22-11-12-6-2-1-3-7-12/h1-9,15,17-18H,10-11H2,(H,20,21). The molecule has 1 heterocycles. The molecular formula is C16H17N3O3. The SMILES string of the molecule is O=C(O)N1CC(NOCc2ccccc2)c2ccccc2N1. The van der Waals surface area contributed by atoms with Crippen LogP contribution in [0.25, 0.3) is 0 Å². The number of hydrogen-bond acceptors (Lipinski definition) is 4. The second-order valence-corrected chi connectivity index (χ2v) is 5.04. The van der Waals surface area contributed by atoms with E-state index in [9.17, 15) is 9.90 Å². The molecule has 2 aromatic carbocycles. The highest BCUT2D eigenvalue weighted by Crippen LogP contribution is 2.28. The van der Waals surface area contributed by atoms with Crippen LogP contribution >= 0.6 is 0 Å². The zero-order valence-electron chi connectivity index (χ0n) is 11.9. The minimum atomic E-state index is -1.02. The first-order valence-corrected chi connectivity index (χ1v) is 7.01. The van der Waals surface area contributed by atoms with Gasteiger partial charge in [0, 0.05) is 0 Å². The monoisotopic (exact) mass is 299 g/mol. The summed E-state index contributed by atoms with van der Waals surface area (Å²) in [5, 5.41) is 10.3. The Morgan fingerprint density at radius 2 is 1.95 bits per heavy atom. The molecule has 0 radical (unpaired) electrons. The third-order valence-electron chi connectivity index (χ3n) is 3.49. The van der Waals surface area contributed by atoms with E-state index in [4.69, 9.17) is 4.84 Å². The molecule has 0 fully saturated rings. The normalized spacial score (nSPS) is 16.7. The summed E-state index contributed by atoms with van der Waals surface area (Å²) in [4.78, 5) is 16.7. The van der Waals surface area contributed by atoms with Crippen LogP contribution in [0.2, 0.25) is 0 Å². The third kappa shape index (κ3) is 3.19. The summed E-state index contributed by atoms with van der Waals surface area (Å²) in [6.45, 7) is 0.682. The first-order chi connectivity index (χ1) is 10.7. The van der Waals surface area contributed by atoms with E-state index in [0.717, 1.165) is 21.8 Å². The first kappa shape index (κ1) is 14.4. The van der Waals surface area contributed by atoms with E-state index in [1.54, 1.807) is 0 Å². The van der Waals surface area contributed by atoms with Crippen LogP contribution < -0.4 is 10.9 Å². The van der Waals surface area contributed by atoms with E-state index < -0.39 is 6.09 Å². The van der Waals surface area contributed by atoms with Crippen molar-refractivity contribution in [2.45, 2.75) is 12.6 Å². The summed E-state index contributed by atoms with van der Waals surface area (Å²) in [6.07, 6.45) is -1.02. The Bertz CT molecular complexity index is 648. The minimum absolute atomic E-state index is 0.225. The molecule has 0 saturated heterocycles. The van der Waals surface area contributed by atoms with Gasteiger partial charge in [0.1, 0.15) is 0 Å². The minimum Gasteiger partial charge on any atom is -0.464 e. The molecule has 0 bridgehead atoms. The second-order valence-electron chi connectivity index (χ2n) is 5.04. The van der Waals surface area contributed by atoms with Gasteiger partial charge in [0.25, 0.3) is 0 Å². The van der Waals surface area contributed by atoms with Gasteiger partial charge in [0.15, 0.2) is 0 Å². The number of carbonyl (C=O) groups is 1. The number of para-hydroxylation sites is 1. The van der Waals surface area contributed by atoms with Crippen LogP contribution in [0.5, 0.6) is 0 Å². The Hall–Kier alpha value is -2.57.